The van der Waals surface area contributed by atoms with Gasteiger partial charge in [-0.2, -0.15) is 0 Å². The zero-order chi connectivity index (χ0) is 20.1. The van der Waals surface area contributed by atoms with Gasteiger partial charge in [0, 0.05) is 6.42 Å². The lowest BCUT2D eigenvalue weighted by atomic mass is 9.78. The first-order valence-electron chi connectivity index (χ1n) is 9.92. The number of hydrogen-bond acceptors (Lipinski definition) is 3. The minimum atomic E-state index is -0.157. The van der Waals surface area contributed by atoms with Crippen LogP contribution in [0.25, 0.3) is 0 Å². The standard InChI is InChI=1S/C23H38O3/c1-9-16(10-2)15-26-20(24)12-11-17-13-18(22(3,4)5)21(25)19(14-17)23(6,7)8/h13-14,16,25H,9-12,15H2,1-8H3. The SMILES string of the molecule is CCC(CC)COC(=O)CCc1cc(C(C)(C)C)c(O)c(C(C)(C)C)c1. The number of esters is 1. The summed E-state index contributed by atoms with van der Waals surface area (Å²) in [6.45, 7) is 17.4. The number of phenols is 1. The van der Waals surface area contributed by atoms with Gasteiger partial charge < -0.3 is 9.84 Å². The molecule has 0 fully saturated rings. The Bertz CT molecular complexity index is 564. The number of benzene rings is 1. The van der Waals surface area contributed by atoms with Crippen LogP contribution in [0.2, 0.25) is 0 Å². The van der Waals surface area contributed by atoms with Crippen LogP contribution in [-0.2, 0) is 26.8 Å². The van der Waals surface area contributed by atoms with Crippen molar-refractivity contribution < 1.29 is 14.6 Å². The second-order valence-corrected chi connectivity index (χ2v) is 9.41. The summed E-state index contributed by atoms with van der Waals surface area (Å²) in [5.74, 6) is 0.692. The van der Waals surface area contributed by atoms with Gasteiger partial charge in [-0.25, -0.2) is 0 Å². The Morgan fingerprint density at radius 1 is 1.00 bits per heavy atom. The molecule has 0 unspecified atom stereocenters. The maximum Gasteiger partial charge on any atom is 0.306 e. The minimum Gasteiger partial charge on any atom is -0.507 e. The van der Waals surface area contributed by atoms with Gasteiger partial charge in [0.2, 0.25) is 0 Å². The van der Waals surface area contributed by atoms with Crippen molar-refractivity contribution in [2.75, 3.05) is 6.61 Å². The topological polar surface area (TPSA) is 46.5 Å². The molecule has 0 saturated heterocycles. The normalized spacial score (nSPS) is 12.5. The molecule has 1 aromatic carbocycles. The number of rotatable bonds is 7. The van der Waals surface area contributed by atoms with Crippen molar-refractivity contribution in [2.24, 2.45) is 5.92 Å². The van der Waals surface area contributed by atoms with Gasteiger partial charge in [0.15, 0.2) is 0 Å². The number of hydrogen-bond donors (Lipinski definition) is 1. The van der Waals surface area contributed by atoms with E-state index in [-0.39, 0.29) is 16.8 Å². The highest BCUT2D eigenvalue weighted by molar-refractivity contribution is 5.69. The number of carbonyl (C=O) groups is 1. The van der Waals surface area contributed by atoms with Crippen molar-refractivity contribution in [1.82, 2.24) is 0 Å². The Morgan fingerprint density at radius 3 is 1.85 bits per heavy atom. The summed E-state index contributed by atoms with van der Waals surface area (Å²) in [5.41, 5.74) is 2.64. The van der Waals surface area contributed by atoms with Crippen LogP contribution in [0.3, 0.4) is 0 Å². The van der Waals surface area contributed by atoms with Crippen molar-refractivity contribution in [3.8, 4) is 5.75 Å². The fourth-order valence-corrected chi connectivity index (χ4v) is 3.04. The molecule has 3 heteroatoms. The molecule has 0 aliphatic carbocycles. The Kier molecular flexibility index (Phi) is 7.73. The van der Waals surface area contributed by atoms with E-state index in [1.807, 2.05) is 12.1 Å². The molecular formula is C23H38O3. The summed E-state index contributed by atoms with van der Waals surface area (Å²) in [6, 6.07) is 4.08. The van der Waals surface area contributed by atoms with E-state index in [9.17, 15) is 9.90 Å². The van der Waals surface area contributed by atoms with Crippen LogP contribution in [-0.4, -0.2) is 17.7 Å². The van der Waals surface area contributed by atoms with Gasteiger partial charge in [0.1, 0.15) is 5.75 Å². The summed E-state index contributed by atoms with van der Waals surface area (Å²) in [7, 11) is 0. The Balaban J connectivity index is 2.95. The number of aryl methyl sites for hydroxylation is 1. The zero-order valence-corrected chi connectivity index (χ0v) is 18.0. The summed E-state index contributed by atoms with van der Waals surface area (Å²) >= 11 is 0. The van der Waals surface area contributed by atoms with E-state index in [4.69, 9.17) is 4.74 Å². The van der Waals surface area contributed by atoms with Crippen molar-refractivity contribution in [3.63, 3.8) is 0 Å². The number of ether oxygens (including phenoxy) is 1. The maximum absolute atomic E-state index is 12.1. The predicted octanol–water partition coefficient (Wildman–Crippen LogP) is 5.90. The average Bonchev–Trinajstić information content (AvgIpc) is 2.52. The molecule has 0 aromatic heterocycles. The lowest BCUT2D eigenvalue weighted by Gasteiger charge is -2.28. The van der Waals surface area contributed by atoms with E-state index in [2.05, 4.69) is 55.4 Å². The van der Waals surface area contributed by atoms with E-state index in [1.165, 1.54) is 0 Å². The van der Waals surface area contributed by atoms with Crippen molar-refractivity contribution >= 4 is 5.97 Å². The number of aromatic hydroxyl groups is 1. The predicted molar refractivity (Wildman–Crippen MR) is 109 cm³/mol. The molecule has 0 atom stereocenters. The van der Waals surface area contributed by atoms with Crippen molar-refractivity contribution in [2.45, 2.75) is 91.9 Å². The van der Waals surface area contributed by atoms with Gasteiger partial charge in [0.05, 0.1) is 6.61 Å². The van der Waals surface area contributed by atoms with E-state index in [0.717, 1.165) is 29.5 Å². The molecule has 26 heavy (non-hydrogen) atoms. The number of carbonyl (C=O) groups excluding carboxylic acids is 1. The van der Waals surface area contributed by atoms with Crippen molar-refractivity contribution in [3.05, 3.63) is 28.8 Å². The smallest absolute Gasteiger partial charge is 0.306 e. The molecule has 3 nitrogen and oxygen atoms in total. The second-order valence-electron chi connectivity index (χ2n) is 9.41. The van der Waals surface area contributed by atoms with Crippen LogP contribution in [0.5, 0.6) is 5.75 Å². The molecule has 0 saturated carbocycles. The summed E-state index contributed by atoms with van der Waals surface area (Å²) in [5, 5.41) is 10.8. The van der Waals surface area contributed by atoms with E-state index >= 15 is 0 Å². The molecule has 0 bridgehead atoms. The first-order chi connectivity index (χ1) is 11.9. The van der Waals surface area contributed by atoms with Crippen LogP contribution in [0.15, 0.2) is 12.1 Å². The lowest BCUT2D eigenvalue weighted by molar-refractivity contribution is -0.145. The first-order valence-corrected chi connectivity index (χ1v) is 9.92. The molecule has 0 heterocycles. The lowest BCUT2D eigenvalue weighted by Crippen LogP contribution is -2.18. The Hall–Kier alpha value is -1.51. The van der Waals surface area contributed by atoms with Crippen LogP contribution in [0.1, 0.15) is 91.3 Å². The van der Waals surface area contributed by atoms with Gasteiger partial charge in [-0.15, -0.1) is 0 Å². The third kappa shape index (κ3) is 6.34. The summed E-state index contributed by atoms with van der Waals surface area (Å²) < 4.78 is 5.44. The maximum atomic E-state index is 12.1. The average molecular weight is 363 g/mol. The van der Waals surface area contributed by atoms with Gasteiger partial charge in [-0.05, 0) is 39.9 Å². The molecule has 0 aliphatic heterocycles. The molecule has 0 amide bonds. The molecule has 1 N–H and O–H groups in total. The minimum absolute atomic E-state index is 0.139. The first kappa shape index (κ1) is 22.5. The fraction of sp³-hybridized carbons (Fsp3) is 0.696. The van der Waals surface area contributed by atoms with E-state index in [1.54, 1.807) is 0 Å². The van der Waals surface area contributed by atoms with Gasteiger partial charge in [-0.3, -0.25) is 4.79 Å². The van der Waals surface area contributed by atoms with Crippen LogP contribution < -0.4 is 0 Å². The van der Waals surface area contributed by atoms with E-state index in [0.29, 0.717) is 31.1 Å². The van der Waals surface area contributed by atoms with Gasteiger partial charge in [-0.1, -0.05) is 80.4 Å². The molecule has 0 radical (unpaired) electrons. The van der Waals surface area contributed by atoms with Crippen LogP contribution >= 0.6 is 0 Å². The highest BCUT2D eigenvalue weighted by Crippen LogP contribution is 2.39. The Morgan fingerprint density at radius 2 is 1.46 bits per heavy atom. The molecule has 148 valence electrons. The highest BCUT2D eigenvalue weighted by atomic mass is 16.5. The zero-order valence-electron chi connectivity index (χ0n) is 18.0. The highest BCUT2D eigenvalue weighted by Gasteiger charge is 2.26. The van der Waals surface area contributed by atoms with Crippen molar-refractivity contribution in [1.29, 1.82) is 0 Å². The summed E-state index contributed by atoms with van der Waals surface area (Å²) in [6.07, 6.45) is 3.07. The Labute approximate surface area is 160 Å². The van der Waals surface area contributed by atoms with Gasteiger partial charge in [0.25, 0.3) is 0 Å². The fourth-order valence-electron chi connectivity index (χ4n) is 3.04. The largest absolute Gasteiger partial charge is 0.507 e. The van der Waals surface area contributed by atoms with E-state index < -0.39 is 0 Å². The summed E-state index contributed by atoms with van der Waals surface area (Å²) in [4.78, 5) is 12.1. The molecular weight excluding hydrogens is 324 g/mol. The molecule has 0 spiro atoms. The second kappa shape index (κ2) is 8.92. The van der Waals surface area contributed by atoms with Gasteiger partial charge >= 0.3 is 5.97 Å². The molecule has 0 aliphatic rings. The third-order valence-electron chi connectivity index (χ3n) is 5.04. The van der Waals surface area contributed by atoms with Crippen LogP contribution in [0, 0.1) is 5.92 Å². The molecule has 1 rings (SSSR count). The third-order valence-corrected chi connectivity index (χ3v) is 5.04. The quantitative estimate of drug-likeness (QED) is 0.614. The molecule has 1 aromatic rings. The van der Waals surface area contributed by atoms with Crippen LogP contribution in [0.4, 0.5) is 0 Å². The number of phenolic OH excluding ortho intramolecular Hbond substituents is 1. The monoisotopic (exact) mass is 362 g/mol.